The summed E-state index contributed by atoms with van der Waals surface area (Å²) in [5, 5.41) is 13.1. The van der Waals surface area contributed by atoms with Gasteiger partial charge in [-0.1, -0.05) is 65.5 Å². The van der Waals surface area contributed by atoms with Crippen LogP contribution in [0, 0.1) is 5.92 Å². The zero-order chi connectivity index (χ0) is 16.9. The van der Waals surface area contributed by atoms with Crippen molar-refractivity contribution in [1.82, 2.24) is 20.3 Å². The number of benzene rings is 1. The van der Waals surface area contributed by atoms with Gasteiger partial charge in [-0.2, -0.15) is 4.98 Å². The normalized spacial score (nSPS) is 11.3. The van der Waals surface area contributed by atoms with Crippen molar-refractivity contribution in [2.45, 2.75) is 28.3 Å². The van der Waals surface area contributed by atoms with Gasteiger partial charge in [-0.25, -0.2) is 0 Å². The SMILES string of the molecule is CC(C)CSc1nnc(SCc2noc(-c3ccc(Cl)cc3)n2)s1. The Morgan fingerprint density at radius 2 is 1.83 bits per heavy atom. The van der Waals surface area contributed by atoms with Crippen LogP contribution in [-0.4, -0.2) is 26.1 Å². The van der Waals surface area contributed by atoms with Crippen LogP contribution in [0.4, 0.5) is 0 Å². The van der Waals surface area contributed by atoms with Gasteiger partial charge in [0.15, 0.2) is 14.5 Å². The molecular formula is C15H15ClN4OS3. The molecule has 0 unspecified atom stereocenters. The third-order valence-electron chi connectivity index (χ3n) is 2.81. The Morgan fingerprint density at radius 3 is 2.54 bits per heavy atom. The zero-order valence-corrected chi connectivity index (χ0v) is 16.3. The lowest BCUT2D eigenvalue weighted by atomic mass is 10.2. The summed E-state index contributed by atoms with van der Waals surface area (Å²) in [5.74, 6) is 3.42. The highest BCUT2D eigenvalue weighted by Gasteiger charge is 2.11. The van der Waals surface area contributed by atoms with Crippen LogP contribution < -0.4 is 0 Å². The molecule has 0 saturated heterocycles. The molecule has 1 aromatic carbocycles. The van der Waals surface area contributed by atoms with Crippen molar-refractivity contribution in [1.29, 1.82) is 0 Å². The van der Waals surface area contributed by atoms with Crippen LogP contribution >= 0.6 is 46.5 Å². The van der Waals surface area contributed by atoms with E-state index in [2.05, 4.69) is 34.2 Å². The molecule has 3 rings (SSSR count). The summed E-state index contributed by atoms with van der Waals surface area (Å²) < 4.78 is 7.21. The highest BCUT2D eigenvalue weighted by molar-refractivity contribution is 8.02. The lowest BCUT2D eigenvalue weighted by Crippen LogP contribution is -1.89. The van der Waals surface area contributed by atoms with Gasteiger partial charge in [-0.3, -0.25) is 0 Å². The maximum Gasteiger partial charge on any atom is 0.257 e. The van der Waals surface area contributed by atoms with Crippen molar-refractivity contribution in [2.24, 2.45) is 5.92 Å². The smallest absolute Gasteiger partial charge is 0.257 e. The van der Waals surface area contributed by atoms with E-state index >= 15 is 0 Å². The van der Waals surface area contributed by atoms with Gasteiger partial charge in [-0.15, -0.1) is 10.2 Å². The third kappa shape index (κ3) is 4.95. The number of hydrogen-bond acceptors (Lipinski definition) is 8. The van der Waals surface area contributed by atoms with Crippen LogP contribution in [0.5, 0.6) is 0 Å². The summed E-state index contributed by atoms with van der Waals surface area (Å²) in [6, 6.07) is 7.31. The molecule has 0 aliphatic heterocycles. The van der Waals surface area contributed by atoms with Gasteiger partial charge in [0.25, 0.3) is 5.89 Å². The second-order valence-electron chi connectivity index (χ2n) is 5.35. The molecule has 0 N–H and O–H groups in total. The van der Waals surface area contributed by atoms with Gasteiger partial charge < -0.3 is 4.52 Å². The van der Waals surface area contributed by atoms with Crippen molar-refractivity contribution in [3.8, 4) is 11.5 Å². The first-order chi connectivity index (χ1) is 11.6. The van der Waals surface area contributed by atoms with Crippen molar-refractivity contribution >= 4 is 46.5 Å². The molecule has 0 bridgehead atoms. The Kier molecular flexibility index (Phi) is 6.15. The fourth-order valence-electron chi connectivity index (χ4n) is 1.70. The maximum absolute atomic E-state index is 5.88. The first-order valence-corrected chi connectivity index (χ1v) is 10.4. The van der Waals surface area contributed by atoms with Crippen LogP contribution in [0.3, 0.4) is 0 Å². The van der Waals surface area contributed by atoms with Crippen LogP contribution in [0.1, 0.15) is 19.7 Å². The van der Waals surface area contributed by atoms with E-state index in [4.69, 9.17) is 16.1 Å². The summed E-state index contributed by atoms with van der Waals surface area (Å²) in [5.41, 5.74) is 0.853. The van der Waals surface area contributed by atoms with E-state index in [1.807, 2.05) is 12.1 Å². The molecule has 2 heterocycles. The fraction of sp³-hybridized carbons (Fsp3) is 0.333. The first-order valence-electron chi connectivity index (χ1n) is 7.28. The van der Waals surface area contributed by atoms with E-state index in [-0.39, 0.29) is 0 Å². The predicted octanol–water partition coefficient (Wildman–Crippen LogP) is 5.28. The number of thioether (sulfide) groups is 2. The van der Waals surface area contributed by atoms with Crippen LogP contribution in [0.15, 0.2) is 37.5 Å². The molecule has 5 nitrogen and oxygen atoms in total. The summed E-state index contributed by atoms with van der Waals surface area (Å²) in [6.45, 7) is 4.39. The monoisotopic (exact) mass is 398 g/mol. The Bertz CT molecular complexity index is 788. The third-order valence-corrected chi connectivity index (χ3v) is 6.68. The van der Waals surface area contributed by atoms with E-state index in [1.54, 1.807) is 47.0 Å². The van der Waals surface area contributed by atoms with Crippen molar-refractivity contribution in [2.75, 3.05) is 5.75 Å². The van der Waals surface area contributed by atoms with Crippen molar-refractivity contribution in [3.05, 3.63) is 35.1 Å². The van der Waals surface area contributed by atoms with Gasteiger partial charge in [0.1, 0.15) is 0 Å². The lowest BCUT2D eigenvalue weighted by molar-refractivity contribution is 0.425. The predicted molar refractivity (Wildman–Crippen MR) is 99.8 cm³/mol. The highest BCUT2D eigenvalue weighted by atomic mass is 35.5. The molecule has 24 heavy (non-hydrogen) atoms. The van der Waals surface area contributed by atoms with E-state index in [0.29, 0.717) is 28.4 Å². The Labute approximate surface area is 157 Å². The molecule has 0 saturated carbocycles. The Morgan fingerprint density at radius 1 is 1.12 bits per heavy atom. The van der Waals surface area contributed by atoms with Gasteiger partial charge in [0, 0.05) is 16.3 Å². The second-order valence-corrected chi connectivity index (χ2v) is 9.25. The van der Waals surface area contributed by atoms with Crippen molar-refractivity contribution in [3.63, 3.8) is 0 Å². The number of nitrogens with zero attached hydrogens (tertiary/aromatic N) is 4. The molecule has 0 spiro atoms. The minimum Gasteiger partial charge on any atom is -0.334 e. The molecule has 0 aliphatic rings. The van der Waals surface area contributed by atoms with Crippen LogP contribution in [0.25, 0.3) is 11.5 Å². The first kappa shape index (κ1) is 17.7. The molecule has 0 atom stereocenters. The van der Waals surface area contributed by atoms with Gasteiger partial charge in [0.2, 0.25) is 0 Å². The minimum absolute atomic E-state index is 0.493. The van der Waals surface area contributed by atoms with Crippen molar-refractivity contribution < 1.29 is 4.52 Å². The standard InChI is InChI=1S/C15H15ClN4OS3/c1-9(2)7-22-14-18-19-15(24-14)23-8-12-17-13(21-20-12)10-3-5-11(16)6-4-10/h3-6,9H,7-8H2,1-2H3. The molecule has 0 aliphatic carbocycles. The molecule has 0 radical (unpaired) electrons. The zero-order valence-electron chi connectivity index (χ0n) is 13.1. The topological polar surface area (TPSA) is 64.7 Å². The Balaban J connectivity index is 1.56. The lowest BCUT2D eigenvalue weighted by Gasteiger charge is -1.98. The number of halogens is 1. The van der Waals surface area contributed by atoms with E-state index in [0.717, 1.165) is 20.0 Å². The molecule has 3 aromatic rings. The molecule has 0 amide bonds. The van der Waals surface area contributed by atoms with Gasteiger partial charge in [-0.05, 0) is 30.2 Å². The van der Waals surface area contributed by atoms with Gasteiger partial charge in [0.05, 0.1) is 5.75 Å². The molecule has 9 heteroatoms. The summed E-state index contributed by atoms with van der Waals surface area (Å²) in [6.07, 6.45) is 0. The Hall–Kier alpha value is -1.09. The average Bonchev–Trinajstić information content (AvgIpc) is 3.21. The van der Waals surface area contributed by atoms with E-state index < -0.39 is 0 Å². The van der Waals surface area contributed by atoms with Crippen LogP contribution in [0.2, 0.25) is 5.02 Å². The molecule has 2 aromatic heterocycles. The summed E-state index contributed by atoms with van der Waals surface area (Å²) in [4.78, 5) is 4.40. The second kappa shape index (κ2) is 8.33. The highest BCUT2D eigenvalue weighted by Crippen LogP contribution is 2.31. The molecule has 126 valence electrons. The summed E-state index contributed by atoms with van der Waals surface area (Å²) in [7, 11) is 0. The maximum atomic E-state index is 5.88. The summed E-state index contributed by atoms with van der Waals surface area (Å²) >= 11 is 10.8. The molecule has 0 fully saturated rings. The number of rotatable bonds is 7. The number of hydrogen-bond donors (Lipinski definition) is 0. The number of aromatic nitrogens is 4. The molecular weight excluding hydrogens is 384 g/mol. The fourth-order valence-corrected chi connectivity index (χ4v) is 4.67. The average molecular weight is 399 g/mol. The minimum atomic E-state index is 0.493. The van der Waals surface area contributed by atoms with Gasteiger partial charge >= 0.3 is 0 Å². The largest absolute Gasteiger partial charge is 0.334 e. The van der Waals surface area contributed by atoms with E-state index in [1.165, 1.54) is 0 Å². The quantitative estimate of drug-likeness (QED) is 0.501. The van der Waals surface area contributed by atoms with Crippen LogP contribution in [-0.2, 0) is 5.75 Å². The van der Waals surface area contributed by atoms with E-state index in [9.17, 15) is 0 Å².